The summed E-state index contributed by atoms with van der Waals surface area (Å²) in [6.07, 6.45) is 1.43. The van der Waals surface area contributed by atoms with Gasteiger partial charge in [-0.25, -0.2) is 9.97 Å². The van der Waals surface area contributed by atoms with Crippen LogP contribution >= 0.6 is 0 Å². The molecule has 0 fully saturated rings. The molecular weight excluding hydrogens is 202 g/mol. The lowest BCUT2D eigenvalue weighted by atomic mass is 10.2. The zero-order chi connectivity index (χ0) is 11.5. The second-order valence-corrected chi connectivity index (χ2v) is 3.54. The fourth-order valence-corrected chi connectivity index (χ4v) is 1.40. The summed E-state index contributed by atoms with van der Waals surface area (Å²) in [4.78, 5) is 12.3. The lowest BCUT2D eigenvalue weighted by Gasteiger charge is -2.08. The van der Waals surface area contributed by atoms with Gasteiger partial charge in [0.15, 0.2) is 0 Å². The van der Waals surface area contributed by atoms with Gasteiger partial charge in [0.05, 0.1) is 11.4 Å². The lowest BCUT2D eigenvalue weighted by molar-refractivity contribution is 1.11. The highest BCUT2D eigenvalue weighted by atomic mass is 15.0. The van der Waals surface area contributed by atoms with Crippen LogP contribution in [0.25, 0.3) is 0 Å². The summed E-state index contributed by atoms with van der Waals surface area (Å²) >= 11 is 0. The maximum absolute atomic E-state index is 5.57. The number of hydrogen-bond acceptors (Lipinski definition) is 5. The number of nitrogens with one attached hydrogen (secondary N) is 1. The van der Waals surface area contributed by atoms with Gasteiger partial charge in [-0.05, 0) is 26.0 Å². The van der Waals surface area contributed by atoms with E-state index in [1.807, 2.05) is 26.0 Å². The van der Waals surface area contributed by atoms with Crippen LogP contribution in [0.2, 0.25) is 0 Å². The van der Waals surface area contributed by atoms with E-state index >= 15 is 0 Å². The quantitative estimate of drug-likeness (QED) is 0.799. The minimum absolute atomic E-state index is 0.440. The highest BCUT2D eigenvalue weighted by Crippen LogP contribution is 2.18. The smallest absolute Gasteiger partial charge is 0.135 e. The molecule has 2 heterocycles. The van der Waals surface area contributed by atoms with Gasteiger partial charge in [-0.1, -0.05) is 0 Å². The van der Waals surface area contributed by atoms with Crippen molar-refractivity contribution in [3.8, 4) is 0 Å². The molecule has 16 heavy (non-hydrogen) atoms. The first-order valence-corrected chi connectivity index (χ1v) is 4.94. The molecule has 0 aromatic carbocycles. The van der Waals surface area contributed by atoms with E-state index in [9.17, 15) is 0 Å². The number of anilines is 3. The largest absolute Gasteiger partial charge is 0.384 e. The predicted molar refractivity (Wildman–Crippen MR) is 63.4 cm³/mol. The monoisotopic (exact) mass is 215 g/mol. The van der Waals surface area contributed by atoms with E-state index in [2.05, 4.69) is 20.3 Å². The van der Waals surface area contributed by atoms with E-state index in [-0.39, 0.29) is 0 Å². The Morgan fingerprint density at radius 1 is 1.19 bits per heavy atom. The van der Waals surface area contributed by atoms with Gasteiger partial charge in [0.25, 0.3) is 0 Å². The molecule has 0 aliphatic carbocycles. The third-order valence-electron chi connectivity index (χ3n) is 2.18. The Kier molecular flexibility index (Phi) is 2.68. The number of pyridine rings is 1. The Balaban J connectivity index is 2.27. The van der Waals surface area contributed by atoms with Crippen LogP contribution in [0.3, 0.4) is 0 Å². The molecule has 2 aromatic rings. The second kappa shape index (κ2) is 4.14. The first kappa shape index (κ1) is 10.4. The van der Waals surface area contributed by atoms with Crippen molar-refractivity contribution in [2.75, 3.05) is 11.1 Å². The lowest BCUT2D eigenvalue weighted by Crippen LogP contribution is -2.00. The number of rotatable bonds is 2. The molecule has 0 saturated heterocycles. The van der Waals surface area contributed by atoms with Gasteiger partial charge >= 0.3 is 0 Å². The maximum atomic E-state index is 5.57. The van der Waals surface area contributed by atoms with Crippen LogP contribution in [-0.4, -0.2) is 15.0 Å². The SMILES string of the molecule is Cc1ccc(Nc2cc(N)ncn2)c(C)n1. The molecule has 5 heteroatoms. The Bertz CT molecular complexity index is 509. The molecule has 82 valence electrons. The summed E-state index contributed by atoms with van der Waals surface area (Å²) in [6, 6.07) is 5.59. The third kappa shape index (κ3) is 2.25. The Morgan fingerprint density at radius 3 is 2.69 bits per heavy atom. The standard InChI is InChI=1S/C11H13N5/c1-7-3-4-9(8(2)15-7)16-11-5-10(12)13-6-14-11/h3-6H,1-2H3,(H3,12,13,14,16). The zero-order valence-electron chi connectivity index (χ0n) is 9.23. The van der Waals surface area contributed by atoms with Crippen molar-refractivity contribution >= 4 is 17.3 Å². The van der Waals surface area contributed by atoms with E-state index in [1.54, 1.807) is 6.07 Å². The third-order valence-corrected chi connectivity index (χ3v) is 2.18. The van der Waals surface area contributed by atoms with Gasteiger partial charge in [0, 0.05) is 11.8 Å². The van der Waals surface area contributed by atoms with Crippen molar-refractivity contribution < 1.29 is 0 Å². The molecule has 5 nitrogen and oxygen atoms in total. The molecule has 2 rings (SSSR count). The van der Waals surface area contributed by atoms with Gasteiger partial charge in [-0.15, -0.1) is 0 Å². The number of hydrogen-bond donors (Lipinski definition) is 2. The molecule has 0 radical (unpaired) electrons. The summed E-state index contributed by atoms with van der Waals surface area (Å²) in [5.74, 6) is 1.11. The summed E-state index contributed by atoms with van der Waals surface area (Å²) in [7, 11) is 0. The number of nitrogens with two attached hydrogens (primary N) is 1. The van der Waals surface area contributed by atoms with Gasteiger partial charge in [0.1, 0.15) is 18.0 Å². The van der Waals surface area contributed by atoms with Gasteiger partial charge in [-0.2, -0.15) is 0 Å². The molecule has 2 aromatic heterocycles. The van der Waals surface area contributed by atoms with Crippen LogP contribution < -0.4 is 11.1 Å². The van der Waals surface area contributed by atoms with Crippen molar-refractivity contribution in [1.82, 2.24) is 15.0 Å². The molecular formula is C11H13N5. The molecule has 3 N–H and O–H groups in total. The summed E-state index contributed by atoms with van der Waals surface area (Å²) in [5, 5.41) is 3.15. The Morgan fingerprint density at radius 2 is 2.00 bits per heavy atom. The highest BCUT2D eigenvalue weighted by molar-refractivity contribution is 5.60. The van der Waals surface area contributed by atoms with Crippen molar-refractivity contribution in [3.05, 3.63) is 35.9 Å². The Hall–Kier alpha value is -2.17. The predicted octanol–water partition coefficient (Wildman–Crippen LogP) is 1.81. The normalized spacial score (nSPS) is 10.1. The van der Waals surface area contributed by atoms with Gasteiger partial charge in [-0.3, -0.25) is 4.98 Å². The van der Waals surface area contributed by atoms with Crippen LogP contribution in [-0.2, 0) is 0 Å². The second-order valence-electron chi connectivity index (χ2n) is 3.54. The van der Waals surface area contributed by atoms with Crippen LogP contribution in [0.15, 0.2) is 24.5 Å². The number of aromatic nitrogens is 3. The first-order valence-electron chi connectivity index (χ1n) is 4.94. The minimum atomic E-state index is 0.440. The van der Waals surface area contributed by atoms with Crippen molar-refractivity contribution in [2.45, 2.75) is 13.8 Å². The number of nitrogen functional groups attached to an aromatic ring is 1. The molecule has 0 saturated carbocycles. The minimum Gasteiger partial charge on any atom is -0.384 e. The average molecular weight is 215 g/mol. The molecule has 0 bridgehead atoms. The maximum Gasteiger partial charge on any atom is 0.135 e. The number of nitrogens with zero attached hydrogens (tertiary/aromatic N) is 3. The van der Waals surface area contributed by atoms with Crippen molar-refractivity contribution in [1.29, 1.82) is 0 Å². The molecule has 0 aliphatic heterocycles. The Labute approximate surface area is 93.8 Å². The van der Waals surface area contributed by atoms with E-state index in [0.717, 1.165) is 17.1 Å². The summed E-state index contributed by atoms with van der Waals surface area (Å²) < 4.78 is 0. The molecule has 0 atom stereocenters. The van der Waals surface area contributed by atoms with Crippen molar-refractivity contribution in [3.63, 3.8) is 0 Å². The topological polar surface area (TPSA) is 76.7 Å². The number of aryl methyl sites for hydroxylation is 2. The van der Waals surface area contributed by atoms with Crippen LogP contribution in [0, 0.1) is 13.8 Å². The van der Waals surface area contributed by atoms with Crippen LogP contribution in [0.1, 0.15) is 11.4 Å². The van der Waals surface area contributed by atoms with Gasteiger partial charge in [0.2, 0.25) is 0 Å². The van der Waals surface area contributed by atoms with E-state index < -0.39 is 0 Å². The molecule has 0 aliphatic rings. The first-order chi connectivity index (χ1) is 7.65. The summed E-state index contributed by atoms with van der Waals surface area (Å²) in [6.45, 7) is 3.90. The summed E-state index contributed by atoms with van der Waals surface area (Å²) in [5.41, 5.74) is 8.41. The molecule has 0 spiro atoms. The zero-order valence-corrected chi connectivity index (χ0v) is 9.23. The molecule has 0 unspecified atom stereocenters. The van der Waals surface area contributed by atoms with E-state index in [1.165, 1.54) is 6.33 Å². The van der Waals surface area contributed by atoms with E-state index in [0.29, 0.717) is 11.6 Å². The highest BCUT2D eigenvalue weighted by Gasteiger charge is 2.01. The fourth-order valence-electron chi connectivity index (χ4n) is 1.40. The van der Waals surface area contributed by atoms with E-state index in [4.69, 9.17) is 5.73 Å². The van der Waals surface area contributed by atoms with Crippen LogP contribution in [0.4, 0.5) is 17.3 Å². The van der Waals surface area contributed by atoms with Gasteiger partial charge < -0.3 is 11.1 Å². The van der Waals surface area contributed by atoms with Crippen LogP contribution in [0.5, 0.6) is 0 Å². The molecule has 0 amide bonds. The van der Waals surface area contributed by atoms with Crippen molar-refractivity contribution in [2.24, 2.45) is 0 Å². The average Bonchev–Trinajstić information content (AvgIpc) is 2.22. The fraction of sp³-hybridized carbons (Fsp3) is 0.182.